The van der Waals surface area contributed by atoms with E-state index in [1.807, 2.05) is 30.3 Å². The maximum absolute atomic E-state index is 13.1. The number of likely N-dealkylation sites (N-methyl/N-ethyl adjacent to an activating group) is 1. The van der Waals surface area contributed by atoms with Crippen LogP contribution in [0.4, 0.5) is 5.69 Å². The number of rotatable bonds is 4. The molecule has 4 rings (SSSR count). The van der Waals surface area contributed by atoms with Gasteiger partial charge in [0.2, 0.25) is 5.82 Å². The maximum Gasteiger partial charge on any atom is 0.291 e. The highest BCUT2D eigenvalue weighted by molar-refractivity contribution is 6.02. The summed E-state index contributed by atoms with van der Waals surface area (Å²) < 4.78 is 7.37. The van der Waals surface area contributed by atoms with Crippen molar-refractivity contribution in [2.24, 2.45) is 0 Å². The van der Waals surface area contributed by atoms with Crippen molar-refractivity contribution >= 4 is 17.5 Å². The molecule has 0 saturated carbocycles. The number of hydrogen-bond acceptors (Lipinski definition) is 6. The van der Waals surface area contributed by atoms with Crippen LogP contribution in [-0.4, -0.2) is 57.0 Å². The van der Waals surface area contributed by atoms with Crippen LogP contribution in [0.1, 0.15) is 35.6 Å². The lowest BCUT2D eigenvalue weighted by Gasteiger charge is -2.20. The molecule has 9 heteroatoms. The molecule has 34 heavy (non-hydrogen) atoms. The molecular formula is C25H25N5O4. The Morgan fingerprint density at radius 1 is 1.26 bits per heavy atom. The van der Waals surface area contributed by atoms with Crippen molar-refractivity contribution in [1.29, 1.82) is 0 Å². The summed E-state index contributed by atoms with van der Waals surface area (Å²) in [6, 6.07) is 13.9. The Morgan fingerprint density at radius 3 is 2.76 bits per heavy atom. The zero-order chi connectivity index (χ0) is 24.3. The predicted molar refractivity (Wildman–Crippen MR) is 125 cm³/mol. The number of fused-ring (bicyclic) bond motifs is 1. The molecular weight excluding hydrogens is 434 g/mol. The van der Waals surface area contributed by atoms with E-state index in [9.17, 15) is 14.7 Å². The standard InChI is InChI=1S/C25H25N5O4/c1-25(2,33)12-11-17-9-10-21-20(13-17)29(3)24(32)19(15-34-21)27-23(31)22-26-16-30(28-22)14-18-7-5-4-6-8-18/h4-10,13,16,19,33H,14-15H2,1-3H3,(H,27,31)/t19-/m0/s1. The van der Waals surface area contributed by atoms with E-state index in [1.54, 1.807) is 43.8 Å². The van der Waals surface area contributed by atoms with E-state index in [1.165, 1.54) is 11.2 Å². The molecule has 174 valence electrons. The lowest BCUT2D eigenvalue weighted by atomic mass is 10.1. The zero-order valence-corrected chi connectivity index (χ0v) is 19.1. The lowest BCUT2D eigenvalue weighted by molar-refractivity contribution is -0.120. The van der Waals surface area contributed by atoms with Gasteiger partial charge in [0.15, 0.2) is 0 Å². The molecule has 9 nitrogen and oxygen atoms in total. The number of carbonyl (C=O) groups is 2. The van der Waals surface area contributed by atoms with Crippen molar-refractivity contribution in [3.63, 3.8) is 0 Å². The van der Waals surface area contributed by atoms with Crippen LogP contribution in [-0.2, 0) is 11.3 Å². The molecule has 3 aromatic rings. The van der Waals surface area contributed by atoms with Gasteiger partial charge in [-0.3, -0.25) is 9.59 Å². The van der Waals surface area contributed by atoms with Crippen molar-refractivity contribution in [3.8, 4) is 17.6 Å². The Morgan fingerprint density at radius 2 is 2.03 bits per heavy atom. The molecule has 0 fully saturated rings. The number of nitrogens with zero attached hydrogens (tertiary/aromatic N) is 4. The predicted octanol–water partition coefficient (Wildman–Crippen LogP) is 1.60. The fourth-order valence-electron chi connectivity index (χ4n) is 3.37. The summed E-state index contributed by atoms with van der Waals surface area (Å²) in [6.07, 6.45) is 1.48. The van der Waals surface area contributed by atoms with Crippen LogP contribution in [0.2, 0.25) is 0 Å². The van der Waals surface area contributed by atoms with Crippen LogP contribution in [0.3, 0.4) is 0 Å². The van der Waals surface area contributed by atoms with Crippen molar-refractivity contribution in [1.82, 2.24) is 20.1 Å². The molecule has 0 spiro atoms. The van der Waals surface area contributed by atoms with Crippen LogP contribution in [0.15, 0.2) is 54.9 Å². The van der Waals surface area contributed by atoms with Gasteiger partial charge in [0.25, 0.3) is 11.8 Å². The van der Waals surface area contributed by atoms with Gasteiger partial charge in [0, 0.05) is 12.6 Å². The molecule has 0 bridgehead atoms. The van der Waals surface area contributed by atoms with E-state index in [4.69, 9.17) is 4.74 Å². The van der Waals surface area contributed by atoms with Gasteiger partial charge < -0.3 is 20.1 Å². The molecule has 1 aliphatic heterocycles. The van der Waals surface area contributed by atoms with Gasteiger partial charge in [-0.05, 0) is 37.6 Å². The molecule has 1 atom stereocenters. The minimum absolute atomic E-state index is 0.0303. The van der Waals surface area contributed by atoms with Gasteiger partial charge in [-0.1, -0.05) is 42.2 Å². The van der Waals surface area contributed by atoms with Gasteiger partial charge in [0.1, 0.15) is 30.3 Å². The summed E-state index contributed by atoms with van der Waals surface area (Å²) in [4.78, 5) is 31.3. The van der Waals surface area contributed by atoms with Crippen LogP contribution in [0.25, 0.3) is 0 Å². The number of benzene rings is 2. The quantitative estimate of drug-likeness (QED) is 0.574. The first-order valence-corrected chi connectivity index (χ1v) is 10.7. The van der Waals surface area contributed by atoms with Crippen molar-refractivity contribution in [2.75, 3.05) is 18.6 Å². The Hall–Kier alpha value is -4.16. The highest BCUT2D eigenvalue weighted by Crippen LogP contribution is 2.31. The number of aliphatic hydroxyl groups is 1. The van der Waals surface area contributed by atoms with Gasteiger partial charge in [-0.15, -0.1) is 5.10 Å². The summed E-state index contributed by atoms with van der Waals surface area (Å²) in [5.41, 5.74) is 1.04. The maximum atomic E-state index is 13.1. The zero-order valence-electron chi connectivity index (χ0n) is 19.1. The largest absolute Gasteiger partial charge is 0.489 e. The second-order valence-corrected chi connectivity index (χ2v) is 8.48. The molecule has 2 N–H and O–H groups in total. The third-order valence-electron chi connectivity index (χ3n) is 5.10. The molecule has 1 aliphatic rings. The molecule has 1 aromatic heterocycles. The van der Waals surface area contributed by atoms with E-state index in [2.05, 4.69) is 27.2 Å². The number of nitrogens with one attached hydrogen (secondary N) is 1. The number of carbonyl (C=O) groups excluding carboxylic acids is 2. The minimum Gasteiger partial charge on any atom is -0.489 e. The number of ether oxygens (including phenoxy) is 1. The molecule has 0 saturated heterocycles. The van der Waals surface area contributed by atoms with Crippen LogP contribution >= 0.6 is 0 Å². The molecule has 0 aliphatic carbocycles. The summed E-state index contributed by atoms with van der Waals surface area (Å²) in [5, 5.41) is 16.7. The van der Waals surface area contributed by atoms with E-state index in [0.29, 0.717) is 23.5 Å². The third-order valence-corrected chi connectivity index (χ3v) is 5.10. The van der Waals surface area contributed by atoms with E-state index < -0.39 is 17.6 Å². The highest BCUT2D eigenvalue weighted by atomic mass is 16.5. The van der Waals surface area contributed by atoms with Crippen molar-refractivity contribution in [2.45, 2.75) is 32.0 Å². The first-order chi connectivity index (χ1) is 16.2. The summed E-state index contributed by atoms with van der Waals surface area (Å²) in [5.74, 6) is 5.19. The average Bonchev–Trinajstić information content (AvgIpc) is 3.24. The summed E-state index contributed by atoms with van der Waals surface area (Å²) in [6.45, 7) is 3.62. The van der Waals surface area contributed by atoms with Crippen LogP contribution in [0, 0.1) is 11.8 Å². The van der Waals surface area contributed by atoms with Gasteiger partial charge in [0.05, 0.1) is 12.2 Å². The Balaban J connectivity index is 1.46. The Labute approximate surface area is 197 Å². The van der Waals surface area contributed by atoms with Gasteiger partial charge in [-0.25, -0.2) is 9.67 Å². The lowest BCUT2D eigenvalue weighted by Crippen LogP contribution is -2.49. The summed E-state index contributed by atoms with van der Waals surface area (Å²) >= 11 is 0. The topological polar surface area (TPSA) is 110 Å². The molecule has 2 heterocycles. The van der Waals surface area contributed by atoms with Crippen molar-refractivity contribution in [3.05, 3.63) is 71.8 Å². The number of aromatic nitrogens is 3. The second kappa shape index (κ2) is 9.37. The van der Waals surface area contributed by atoms with Crippen molar-refractivity contribution < 1.29 is 19.4 Å². The number of anilines is 1. The first kappa shape index (κ1) is 23.0. The van der Waals surface area contributed by atoms with Gasteiger partial charge >= 0.3 is 0 Å². The summed E-state index contributed by atoms with van der Waals surface area (Å²) in [7, 11) is 1.61. The first-order valence-electron chi connectivity index (χ1n) is 10.7. The fourth-order valence-corrected chi connectivity index (χ4v) is 3.37. The minimum atomic E-state index is -1.14. The SMILES string of the molecule is CN1C(=O)[C@@H](NC(=O)c2ncn(Cc3ccccc3)n2)COc2ccc(C#CC(C)(C)O)cc21. The smallest absolute Gasteiger partial charge is 0.291 e. The Bertz CT molecular complexity index is 1270. The fraction of sp³-hybridized carbons (Fsp3) is 0.280. The van der Waals surface area contributed by atoms with Crippen LogP contribution in [0.5, 0.6) is 5.75 Å². The van der Waals surface area contributed by atoms with E-state index in [-0.39, 0.29) is 18.3 Å². The van der Waals surface area contributed by atoms with E-state index in [0.717, 1.165) is 5.56 Å². The molecule has 2 amide bonds. The monoisotopic (exact) mass is 459 g/mol. The van der Waals surface area contributed by atoms with Crippen LogP contribution < -0.4 is 15.0 Å². The molecule has 2 aromatic carbocycles. The molecule has 0 radical (unpaired) electrons. The average molecular weight is 460 g/mol. The number of amides is 2. The Kier molecular flexibility index (Phi) is 6.34. The number of hydrogen-bond donors (Lipinski definition) is 2. The highest BCUT2D eigenvalue weighted by Gasteiger charge is 2.31. The van der Waals surface area contributed by atoms with Gasteiger partial charge in [-0.2, -0.15) is 0 Å². The second-order valence-electron chi connectivity index (χ2n) is 8.48. The normalized spacial score (nSPS) is 15.5. The molecule has 0 unspecified atom stereocenters. The third kappa shape index (κ3) is 5.42. The van der Waals surface area contributed by atoms with E-state index >= 15 is 0 Å².